The molecule has 2 amide bonds. The summed E-state index contributed by atoms with van der Waals surface area (Å²) < 4.78 is 60.7. The van der Waals surface area contributed by atoms with E-state index in [4.69, 9.17) is 29.1 Å². The number of aliphatic carboxylic acids is 1. The third-order valence-electron chi connectivity index (χ3n) is 9.95. The van der Waals surface area contributed by atoms with Gasteiger partial charge in [-0.15, -0.1) is 0 Å². The maximum Gasteiger partial charge on any atom is 0.400 e. The van der Waals surface area contributed by atoms with E-state index < -0.39 is 40.3 Å². The highest BCUT2D eigenvalue weighted by Crippen LogP contribution is 2.34. The van der Waals surface area contributed by atoms with Gasteiger partial charge >= 0.3 is 16.4 Å². The minimum atomic E-state index is -4.01. The zero-order valence-corrected chi connectivity index (χ0v) is 27.8. The maximum absolute atomic E-state index is 15.5. The number of nitrogens with zero attached hydrogens (tertiary/aromatic N) is 2. The van der Waals surface area contributed by atoms with Crippen LogP contribution in [-0.4, -0.2) is 97.7 Å². The number of fused-ring (bicyclic) bond motifs is 2. The predicted molar refractivity (Wildman–Crippen MR) is 173 cm³/mol. The maximum atomic E-state index is 15.5. The van der Waals surface area contributed by atoms with E-state index >= 15 is 4.39 Å². The van der Waals surface area contributed by atoms with Crippen LogP contribution in [0.5, 0.6) is 0 Å². The molecule has 0 unspecified atom stereocenters. The SMILES string of the molecule is O=C(Nc1cc(F)c(CC(=O)N2C[C@@H](N3C[C@@H]4OS(=O)(=O)O[C@@H]4C3)C[C@H]2CO[C@H]2CC[C@H](C(=O)O)CC2)cc1Cl)c1coc2ccccc12. The molecule has 2 N–H and O–H groups in total. The normalized spacial score (nSPS) is 28.2. The van der Waals surface area contributed by atoms with E-state index in [0.29, 0.717) is 62.7 Å². The molecule has 16 heteroatoms. The van der Waals surface area contributed by atoms with Crippen molar-refractivity contribution < 1.29 is 49.8 Å². The van der Waals surface area contributed by atoms with E-state index in [2.05, 4.69) is 5.32 Å². The molecule has 1 aromatic heterocycles. The Labute approximate surface area is 286 Å². The number of carboxylic acids is 1. The Morgan fingerprint density at radius 1 is 1.04 bits per heavy atom. The molecule has 4 heterocycles. The van der Waals surface area contributed by atoms with Gasteiger partial charge in [0.25, 0.3) is 5.91 Å². The lowest BCUT2D eigenvalue weighted by molar-refractivity contribution is -0.144. The van der Waals surface area contributed by atoms with Crippen LogP contribution in [0.4, 0.5) is 10.1 Å². The Kier molecular flexibility index (Phi) is 9.41. The minimum Gasteiger partial charge on any atom is -0.481 e. The van der Waals surface area contributed by atoms with Crippen LogP contribution in [-0.2, 0) is 39.5 Å². The van der Waals surface area contributed by atoms with E-state index in [1.54, 1.807) is 29.2 Å². The van der Waals surface area contributed by atoms with Crippen molar-refractivity contribution in [2.24, 2.45) is 5.92 Å². The number of nitrogens with one attached hydrogen (secondary N) is 1. The number of benzene rings is 2. The van der Waals surface area contributed by atoms with Crippen molar-refractivity contribution in [1.29, 1.82) is 0 Å². The lowest BCUT2D eigenvalue weighted by atomic mass is 9.87. The highest BCUT2D eigenvalue weighted by molar-refractivity contribution is 7.82. The summed E-state index contributed by atoms with van der Waals surface area (Å²) in [7, 11) is -4.01. The standard InChI is InChI=1S/C33H35ClFN3O10S/c34-25-9-19(26(35)12-27(25)36-32(40)24-17-46-28-4-2-1-3-23(24)28)10-31(39)38-13-20(37-14-29-30(15-37)48-49(43,44)47-29)11-21(38)16-45-22-7-5-18(6-8-22)33(41)42/h1-4,9,12,17-18,20-22,29-30H,5-8,10-11,13-16H2,(H,36,40)(H,41,42)/t18-,20-,21-,22-,29-,30+/m0/s1. The summed E-state index contributed by atoms with van der Waals surface area (Å²) in [5.41, 5.74) is 0.889. The number of carbonyl (C=O) groups excluding carboxylic acids is 2. The number of para-hydroxylation sites is 1. The van der Waals surface area contributed by atoms with Crippen molar-refractivity contribution in [3.63, 3.8) is 0 Å². The highest BCUT2D eigenvalue weighted by Gasteiger charge is 2.50. The number of ether oxygens (including phenoxy) is 1. The zero-order valence-electron chi connectivity index (χ0n) is 26.3. The van der Waals surface area contributed by atoms with E-state index in [9.17, 15) is 27.9 Å². The topological polar surface area (TPSA) is 165 Å². The molecule has 49 heavy (non-hydrogen) atoms. The molecule has 3 saturated heterocycles. The molecular weight excluding hydrogens is 685 g/mol. The summed E-state index contributed by atoms with van der Waals surface area (Å²) >= 11 is 6.48. The summed E-state index contributed by atoms with van der Waals surface area (Å²) in [6, 6.07) is 8.91. The van der Waals surface area contributed by atoms with Crippen LogP contribution < -0.4 is 5.32 Å². The molecule has 0 radical (unpaired) electrons. The van der Waals surface area contributed by atoms with Crippen LogP contribution >= 0.6 is 11.6 Å². The Balaban J connectivity index is 1.03. The van der Waals surface area contributed by atoms with Gasteiger partial charge in [0.1, 0.15) is 29.9 Å². The largest absolute Gasteiger partial charge is 0.481 e. The summed E-state index contributed by atoms with van der Waals surface area (Å²) in [5.74, 6) is -2.79. The second-order valence-corrected chi connectivity index (χ2v) is 14.7. The fourth-order valence-corrected chi connectivity index (χ4v) is 8.60. The molecule has 1 saturated carbocycles. The van der Waals surface area contributed by atoms with Crippen LogP contribution in [0.2, 0.25) is 5.02 Å². The number of rotatable bonds is 9. The number of carbonyl (C=O) groups is 3. The summed E-state index contributed by atoms with van der Waals surface area (Å²) in [5, 5.41) is 12.6. The first-order valence-electron chi connectivity index (χ1n) is 16.2. The molecule has 4 aliphatic rings. The number of amides is 2. The third-order valence-corrected chi connectivity index (χ3v) is 11.2. The second-order valence-electron chi connectivity index (χ2n) is 13.1. The number of halogens is 2. The zero-order chi connectivity index (χ0) is 34.4. The third kappa shape index (κ3) is 7.19. The van der Waals surface area contributed by atoms with Crippen molar-refractivity contribution in [1.82, 2.24) is 9.80 Å². The van der Waals surface area contributed by atoms with Crippen molar-refractivity contribution >= 4 is 56.4 Å². The molecule has 7 rings (SSSR count). The van der Waals surface area contributed by atoms with Crippen molar-refractivity contribution in [3.8, 4) is 0 Å². The Morgan fingerprint density at radius 2 is 1.76 bits per heavy atom. The fraction of sp³-hybridized carbons (Fsp3) is 0.485. The molecule has 13 nitrogen and oxygen atoms in total. The number of likely N-dealkylation sites (tertiary alicyclic amines) is 2. The fourth-order valence-electron chi connectivity index (χ4n) is 7.35. The van der Waals surface area contributed by atoms with Crippen LogP contribution in [0, 0.1) is 11.7 Å². The van der Waals surface area contributed by atoms with Crippen LogP contribution in [0.25, 0.3) is 11.0 Å². The Bertz CT molecular complexity index is 1860. The number of furan rings is 1. The molecule has 1 aliphatic carbocycles. The smallest absolute Gasteiger partial charge is 0.400 e. The molecule has 3 aromatic rings. The van der Waals surface area contributed by atoms with Crippen molar-refractivity contribution in [2.75, 3.05) is 31.6 Å². The lowest BCUT2D eigenvalue weighted by Crippen LogP contribution is -2.42. The summed E-state index contributed by atoms with van der Waals surface area (Å²) in [4.78, 5) is 41.9. The monoisotopic (exact) mass is 719 g/mol. The van der Waals surface area contributed by atoms with Crippen LogP contribution in [0.1, 0.15) is 48.0 Å². The van der Waals surface area contributed by atoms with Gasteiger partial charge in [-0.3, -0.25) is 19.3 Å². The quantitative estimate of drug-likeness (QED) is 0.329. The molecule has 0 spiro atoms. The van der Waals surface area contributed by atoms with Gasteiger partial charge in [0, 0.05) is 31.1 Å². The van der Waals surface area contributed by atoms with Gasteiger partial charge in [-0.25, -0.2) is 12.8 Å². The van der Waals surface area contributed by atoms with E-state index in [0.717, 1.165) is 6.07 Å². The summed E-state index contributed by atoms with van der Waals surface area (Å²) in [6.45, 7) is 1.14. The first kappa shape index (κ1) is 33.9. The van der Waals surface area contributed by atoms with E-state index in [1.165, 1.54) is 12.3 Å². The number of hydrogen-bond acceptors (Lipinski definition) is 10. The predicted octanol–water partition coefficient (Wildman–Crippen LogP) is 3.99. The van der Waals surface area contributed by atoms with Gasteiger partial charge in [-0.1, -0.05) is 29.8 Å². The number of anilines is 1. The number of hydrogen-bond donors (Lipinski definition) is 2. The molecule has 0 bridgehead atoms. The van der Waals surface area contributed by atoms with E-state index in [1.807, 2.05) is 4.90 Å². The van der Waals surface area contributed by atoms with Gasteiger partial charge in [-0.05, 0) is 55.9 Å². The van der Waals surface area contributed by atoms with Crippen molar-refractivity contribution in [3.05, 3.63) is 64.6 Å². The Morgan fingerprint density at radius 3 is 2.47 bits per heavy atom. The van der Waals surface area contributed by atoms with E-state index in [-0.39, 0.29) is 64.9 Å². The second kappa shape index (κ2) is 13.6. The lowest BCUT2D eigenvalue weighted by Gasteiger charge is -2.30. The highest BCUT2D eigenvalue weighted by atomic mass is 35.5. The van der Waals surface area contributed by atoms with Gasteiger partial charge in [-0.2, -0.15) is 8.42 Å². The molecule has 4 atom stereocenters. The van der Waals surface area contributed by atoms with Crippen molar-refractivity contribution in [2.45, 2.75) is 68.9 Å². The minimum absolute atomic E-state index is 0.0433. The van der Waals surface area contributed by atoms with Gasteiger partial charge in [0.2, 0.25) is 5.91 Å². The molecule has 2 aromatic carbocycles. The van der Waals surface area contributed by atoms with Gasteiger partial charge in [0.05, 0.1) is 47.4 Å². The average Bonchev–Trinajstić information content (AvgIpc) is 3.83. The Hall–Kier alpha value is -3.60. The first-order valence-corrected chi connectivity index (χ1v) is 17.9. The molecule has 262 valence electrons. The van der Waals surface area contributed by atoms with Crippen LogP contribution in [0.3, 0.4) is 0 Å². The summed E-state index contributed by atoms with van der Waals surface area (Å²) in [6.07, 6.45) is 2.39. The molecule has 3 aliphatic heterocycles. The van der Waals surface area contributed by atoms with Gasteiger partial charge in [0.15, 0.2) is 0 Å². The van der Waals surface area contributed by atoms with Gasteiger partial charge < -0.3 is 24.5 Å². The average molecular weight is 720 g/mol. The van der Waals surface area contributed by atoms with Crippen LogP contribution in [0.15, 0.2) is 47.1 Å². The molecular formula is C33H35ClFN3O10S. The number of carboxylic acid groups (broad SMARTS) is 1. The molecule has 4 fully saturated rings. The first-order chi connectivity index (χ1) is 23.4.